The molecule has 0 unspecified atom stereocenters. The number of hydrogen-bond acceptors (Lipinski definition) is 4. The molecule has 3 N–H and O–H groups in total. The molecule has 1 rings (SSSR count). The molecule has 0 atom stereocenters. The fourth-order valence-electron chi connectivity index (χ4n) is 1.01. The molecule has 0 saturated heterocycles. The Hall–Kier alpha value is -1.55. The molecule has 0 spiro atoms. The van der Waals surface area contributed by atoms with E-state index in [0.29, 0.717) is 30.2 Å². The molecule has 14 heavy (non-hydrogen) atoms. The molecule has 0 aliphatic carbocycles. The van der Waals surface area contributed by atoms with E-state index in [-0.39, 0.29) is 0 Å². The Morgan fingerprint density at radius 3 is 2.86 bits per heavy atom. The van der Waals surface area contributed by atoms with E-state index in [1.165, 1.54) is 6.21 Å². The lowest BCUT2D eigenvalue weighted by molar-refractivity contribution is 0.146. The van der Waals surface area contributed by atoms with E-state index in [4.69, 9.17) is 20.6 Å². The Morgan fingerprint density at radius 1 is 1.43 bits per heavy atom. The average molecular weight is 194 g/mol. The fourth-order valence-corrected chi connectivity index (χ4v) is 1.01. The van der Waals surface area contributed by atoms with Crippen LogP contribution >= 0.6 is 0 Å². The lowest BCUT2D eigenvalue weighted by Gasteiger charge is -2.07. The van der Waals surface area contributed by atoms with Gasteiger partial charge in [-0.25, -0.2) is 0 Å². The zero-order valence-electron chi connectivity index (χ0n) is 8.12. The predicted octanol–water partition coefficient (Wildman–Crippen LogP) is 1.29. The van der Waals surface area contributed by atoms with Gasteiger partial charge in [-0.15, -0.1) is 0 Å². The van der Waals surface area contributed by atoms with Gasteiger partial charge in [-0.2, -0.15) is 0 Å². The second kappa shape index (κ2) is 5.24. The van der Waals surface area contributed by atoms with Crippen molar-refractivity contribution in [1.82, 2.24) is 0 Å². The summed E-state index contributed by atoms with van der Waals surface area (Å²) in [5.41, 5.74) is 6.87. The van der Waals surface area contributed by atoms with Crippen LogP contribution < -0.4 is 10.5 Å². The maximum Gasteiger partial charge on any atom is 0.120 e. The van der Waals surface area contributed by atoms with Gasteiger partial charge >= 0.3 is 0 Å². The van der Waals surface area contributed by atoms with Crippen molar-refractivity contribution in [2.75, 3.05) is 26.1 Å². The highest BCUT2D eigenvalue weighted by atomic mass is 16.5. The lowest BCUT2D eigenvalue weighted by Crippen LogP contribution is -2.04. The molecule has 0 aliphatic rings. The molecule has 76 valence electrons. The highest BCUT2D eigenvalue weighted by molar-refractivity contribution is 5.85. The number of nitrogens with two attached hydrogens (primary N) is 1. The van der Waals surface area contributed by atoms with E-state index >= 15 is 0 Å². The minimum Gasteiger partial charge on any atom is -0.491 e. The van der Waals surface area contributed by atoms with E-state index < -0.39 is 0 Å². The van der Waals surface area contributed by atoms with Crippen LogP contribution in [-0.2, 0) is 4.74 Å². The first-order valence-corrected chi connectivity index (χ1v) is 4.29. The topological polar surface area (TPSA) is 68.3 Å². The third-order valence-corrected chi connectivity index (χ3v) is 1.77. The SMILES string of the molecule is COCCOc1ccc(N)c(C=N)c1. The molecular weight excluding hydrogens is 180 g/mol. The molecule has 0 heterocycles. The first-order valence-electron chi connectivity index (χ1n) is 4.29. The number of nitrogen functional groups attached to an aromatic ring is 1. The summed E-state index contributed by atoms with van der Waals surface area (Å²) in [7, 11) is 1.62. The van der Waals surface area contributed by atoms with Gasteiger partial charge in [0.2, 0.25) is 0 Å². The molecule has 4 nitrogen and oxygen atoms in total. The van der Waals surface area contributed by atoms with Gasteiger partial charge in [0.1, 0.15) is 12.4 Å². The highest BCUT2D eigenvalue weighted by Gasteiger charge is 1.98. The molecule has 1 aromatic carbocycles. The van der Waals surface area contributed by atoms with Gasteiger partial charge < -0.3 is 20.6 Å². The van der Waals surface area contributed by atoms with Crippen molar-refractivity contribution in [2.24, 2.45) is 0 Å². The van der Waals surface area contributed by atoms with Crippen LogP contribution in [0.2, 0.25) is 0 Å². The van der Waals surface area contributed by atoms with Crippen molar-refractivity contribution >= 4 is 11.9 Å². The zero-order valence-corrected chi connectivity index (χ0v) is 8.12. The van der Waals surface area contributed by atoms with Gasteiger partial charge in [-0.3, -0.25) is 0 Å². The van der Waals surface area contributed by atoms with Crippen molar-refractivity contribution in [3.8, 4) is 5.75 Å². The first-order chi connectivity index (χ1) is 6.77. The number of benzene rings is 1. The molecule has 0 aliphatic heterocycles. The highest BCUT2D eigenvalue weighted by Crippen LogP contribution is 2.17. The van der Waals surface area contributed by atoms with Crippen LogP contribution in [-0.4, -0.2) is 26.5 Å². The molecule has 0 amide bonds. The molecule has 0 bridgehead atoms. The Balaban J connectivity index is 2.64. The van der Waals surface area contributed by atoms with Gasteiger partial charge in [-0.1, -0.05) is 0 Å². The summed E-state index contributed by atoms with van der Waals surface area (Å²) in [5, 5.41) is 7.11. The number of ether oxygens (including phenoxy) is 2. The van der Waals surface area contributed by atoms with Crippen molar-refractivity contribution in [3.63, 3.8) is 0 Å². The van der Waals surface area contributed by atoms with Gasteiger partial charge in [0.25, 0.3) is 0 Å². The standard InChI is InChI=1S/C10H14N2O2/c1-13-4-5-14-9-2-3-10(12)8(6-9)7-11/h2-3,6-7,11H,4-5,12H2,1H3. The smallest absolute Gasteiger partial charge is 0.120 e. The summed E-state index contributed by atoms with van der Waals surface area (Å²) in [6.45, 7) is 1.04. The van der Waals surface area contributed by atoms with Crippen LogP contribution in [0.4, 0.5) is 5.69 Å². The number of methoxy groups -OCH3 is 1. The van der Waals surface area contributed by atoms with E-state index in [1.54, 1.807) is 25.3 Å². The van der Waals surface area contributed by atoms with Crippen molar-refractivity contribution in [2.45, 2.75) is 0 Å². The second-order valence-corrected chi connectivity index (χ2v) is 2.78. The summed E-state index contributed by atoms with van der Waals surface area (Å²) < 4.78 is 10.2. The summed E-state index contributed by atoms with van der Waals surface area (Å²) in [6, 6.07) is 5.23. The van der Waals surface area contributed by atoms with Gasteiger partial charge in [0.05, 0.1) is 6.61 Å². The van der Waals surface area contributed by atoms with E-state index in [1.807, 2.05) is 0 Å². The minimum absolute atomic E-state index is 0.498. The van der Waals surface area contributed by atoms with Crippen molar-refractivity contribution in [1.29, 1.82) is 5.41 Å². The summed E-state index contributed by atoms with van der Waals surface area (Å²) in [4.78, 5) is 0. The fraction of sp³-hybridized carbons (Fsp3) is 0.300. The van der Waals surface area contributed by atoms with Crippen LogP contribution in [0.5, 0.6) is 5.75 Å². The molecular formula is C10H14N2O2. The second-order valence-electron chi connectivity index (χ2n) is 2.78. The van der Waals surface area contributed by atoms with Crippen molar-refractivity contribution in [3.05, 3.63) is 23.8 Å². The number of nitrogens with one attached hydrogen (secondary N) is 1. The molecule has 0 aromatic heterocycles. The van der Waals surface area contributed by atoms with Crippen LogP contribution in [0, 0.1) is 5.41 Å². The van der Waals surface area contributed by atoms with Crippen LogP contribution in [0.25, 0.3) is 0 Å². The maximum absolute atomic E-state index is 7.11. The number of hydrogen-bond donors (Lipinski definition) is 2. The van der Waals surface area contributed by atoms with Gasteiger partial charge in [0.15, 0.2) is 0 Å². The van der Waals surface area contributed by atoms with Crippen LogP contribution in [0.15, 0.2) is 18.2 Å². The van der Waals surface area contributed by atoms with Crippen LogP contribution in [0.3, 0.4) is 0 Å². The lowest BCUT2D eigenvalue weighted by atomic mass is 10.2. The first kappa shape index (κ1) is 10.5. The number of rotatable bonds is 5. The predicted molar refractivity (Wildman–Crippen MR) is 56.1 cm³/mol. The van der Waals surface area contributed by atoms with Gasteiger partial charge in [-0.05, 0) is 18.2 Å². The normalized spacial score (nSPS) is 9.79. The molecule has 0 radical (unpaired) electrons. The monoisotopic (exact) mass is 194 g/mol. The van der Waals surface area contributed by atoms with E-state index in [2.05, 4.69) is 0 Å². The maximum atomic E-state index is 7.11. The summed E-state index contributed by atoms with van der Waals surface area (Å²) in [6.07, 6.45) is 1.21. The Labute approximate surface area is 83.1 Å². The average Bonchev–Trinajstić information content (AvgIpc) is 2.21. The Morgan fingerprint density at radius 2 is 2.21 bits per heavy atom. The van der Waals surface area contributed by atoms with E-state index in [9.17, 15) is 0 Å². The third kappa shape index (κ3) is 2.74. The largest absolute Gasteiger partial charge is 0.491 e. The molecule has 0 fully saturated rings. The Bertz CT molecular complexity index is 313. The number of anilines is 1. The quantitative estimate of drug-likeness (QED) is 0.421. The summed E-state index contributed by atoms with van der Waals surface area (Å²) >= 11 is 0. The zero-order chi connectivity index (χ0) is 10.4. The van der Waals surface area contributed by atoms with Gasteiger partial charge in [0, 0.05) is 24.6 Å². The minimum atomic E-state index is 0.498. The Kier molecular flexibility index (Phi) is 3.94. The molecule has 0 saturated carbocycles. The molecule has 1 aromatic rings. The van der Waals surface area contributed by atoms with Crippen LogP contribution in [0.1, 0.15) is 5.56 Å². The third-order valence-electron chi connectivity index (χ3n) is 1.77. The van der Waals surface area contributed by atoms with Crippen molar-refractivity contribution < 1.29 is 9.47 Å². The summed E-state index contributed by atoms with van der Waals surface area (Å²) in [5.74, 6) is 0.703. The van der Waals surface area contributed by atoms with E-state index in [0.717, 1.165) is 0 Å². The molecule has 4 heteroatoms.